The van der Waals surface area contributed by atoms with Crippen molar-refractivity contribution in [2.75, 3.05) is 24.6 Å². The number of aromatic hydroxyl groups is 1. The Balaban J connectivity index is 2.05. The van der Waals surface area contributed by atoms with E-state index >= 15 is 0 Å². The van der Waals surface area contributed by atoms with Gasteiger partial charge in [0.1, 0.15) is 11.3 Å². The molecule has 0 aromatic heterocycles. The van der Waals surface area contributed by atoms with E-state index in [0.717, 1.165) is 49.2 Å². The van der Waals surface area contributed by atoms with E-state index < -0.39 is 5.97 Å². The number of carbonyl (C=O) groups excluding carboxylic acids is 1. The Bertz CT molecular complexity index is 601. The van der Waals surface area contributed by atoms with Crippen molar-refractivity contribution >= 4 is 17.2 Å². The molecule has 0 amide bonds. The maximum absolute atomic E-state index is 12.2. The van der Waals surface area contributed by atoms with E-state index in [4.69, 9.17) is 4.74 Å². The topological polar surface area (TPSA) is 49.8 Å². The molecule has 0 spiro atoms. The Morgan fingerprint density at radius 2 is 2.05 bits per heavy atom. The highest BCUT2D eigenvalue weighted by molar-refractivity contribution is 5.96. The summed E-state index contributed by atoms with van der Waals surface area (Å²) in [5.41, 5.74) is 3.24. The fraction of sp³-hybridized carbons (Fsp3) is 0.500. The van der Waals surface area contributed by atoms with E-state index in [2.05, 4.69) is 11.0 Å². The van der Waals surface area contributed by atoms with Crippen LogP contribution in [0.25, 0.3) is 5.57 Å². The van der Waals surface area contributed by atoms with E-state index in [1.807, 2.05) is 6.07 Å². The lowest BCUT2D eigenvalue weighted by Crippen LogP contribution is -2.18. The molecule has 0 radical (unpaired) electrons. The van der Waals surface area contributed by atoms with Crippen LogP contribution in [0.1, 0.15) is 54.9 Å². The van der Waals surface area contributed by atoms with Crippen molar-refractivity contribution in [3.63, 3.8) is 0 Å². The van der Waals surface area contributed by atoms with Gasteiger partial charge in [-0.3, -0.25) is 0 Å². The van der Waals surface area contributed by atoms with Crippen LogP contribution in [0.3, 0.4) is 0 Å². The minimum atomic E-state index is -0.444. The molecule has 1 heterocycles. The molecule has 2 aliphatic rings. The molecule has 0 saturated carbocycles. The SMILES string of the molecule is CCOC(=O)c1cc(N2CCCC2)cc(C2=CCCC2)c1O. The molecule has 0 unspecified atom stereocenters. The van der Waals surface area contributed by atoms with E-state index in [1.54, 1.807) is 13.0 Å². The van der Waals surface area contributed by atoms with E-state index in [0.29, 0.717) is 6.61 Å². The molecule has 1 aliphatic carbocycles. The van der Waals surface area contributed by atoms with Crippen molar-refractivity contribution in [3.8, 4) is 5.75 Å². The van der Waals surface area contributed by atoms with Gasteiger partial charge in [0.25, 0.3) is 0 Å². The fourth-order valence-corrected chi connectivity index (χ4v) is 3.30. The summed E-state index contributed by atoms with van der Waals surface area (Å²) in [5, 5.41) is 10.6. The van der Waals surface area contributed by atoms with E-state index in [9.17, 15) is 9.90 Å². The molecule has 1 aromatic rings. The van der Waals surface area contributed by atoms with Crippen LogP contribution in [0.2, 0.25) is 0 Å². The minimum absolute atomic E-state index is 0.0644. The lowest BCUT2D eigenvalue weighted by molar-refractivity contribution is 0.0523. The van der Waals surface area contributed by atoms with Crippen molar-refractivity contribution in [1.82, 2.24) is 0 Å². The smallest absolute Gasteiger partial charge is 0.342 e. The first kappa shape index (κ1) is 14.9. The maximum Gasteiger partial charge on any atom is 0.342 e. The molecule has 0 atom stereocenters. The number of esters is 1. The van der Waals surface area contributed by atoms with Gasteiger partial charge in [0.15, 0.2) is 0 Å². The van der Waals surface area contributed by atoms with Crippen LogP contribution in [-0.4, -0.2) is 30.8 Å². The molecule has 1 saturated heterocycles. The van der Waals surface area contributed by atoms with Crippen LogP contribution in [0.15, 0.2) is 18.2 Å². The molecule has 3 rings (SSSR count). The zero-order valence-corrected chi connectivity index (χ0v) is 13.1. The van der Waals surface area contributed by atoms with Gasteiger partial charge >= 0.3 is 5.97 Å². The predicted molar refractivity (Wildman–Crippen MR) is 87.3 cm³/mol. The van der Waals surface area contributed by atoms with Crippen molar-refractivity contribution in [1.29, 1.82) is 0 Å². The Morgan fingerprint density at radius 3 is 2.68 bits per heavy atom. The van der Waals surface area contributed by atoms with Crippen LogP contribution < -0.4 is 4.90 Å². The van der Waals surface area contributed by atoms with Gasteiger partial charge in [-0.05, 0) is 56.7 Å². The third-order valence-corrected chi connectivity index (χ3v) is 4.45. The molecule has 22 heavy (non-hydrogen) atoms. The summed E-state index contributed by atoms with van der Waals surface area (Å²) in [6, 6.07) is 3.80. The summed E-state index contributed by atoms with van der Waals surface area (Å²) in [4.78, 5) is 14.5. The summed E-state index contributed by atoms with van der Waals surface area (Å²) in [6.07, 6.45) is 7.62. The predicted octanol–water partition coefficient (Wildman–Crippen LogP) is 3.74. The number of allylic oxidation sites excluding steroid dienone is 2. The van der Waals surface area contributed by atoms with Crippen molar-refractivity contribution < 1.29 is 14.6 Å². The van der Waals surface area contributed by atoms with Crippen LogP contribution in [0.5, 0.6) is 5.75 Å². The second kappa shape index (κ2) is 6.42. The molecule has 4 nitrogen and oxygen atoms in total. The average Bonchev–Trinajstić information content (AvgIpc) is 3.21. The van der Waals surface area contributed by atoms with Crippen molar-refractivity contribution in [2.45, 2.75) is 39.0 Å². The average molecular weight is 301 g/mol. The third-order valence-electron chi connectivity index (χ3n) is 4.45. The van der Waals surface area contributed by atoms with Gasteiger partial charge in [-0.25, -0.2) is 4.79 Å². The van der Waals surface area contributed by atoms with Gasteiger partial charge in [0.05, 0.1) is 6.61 Å². The van der Waals surface area contributed by atoms with E-state index in [1.165, 1.54) is 12.8 Å². The largest absolute Gasteiger partial charge is 0.506 e. The quantitative estimate of drug-likeness (QED) is 0.861. The molecule has 1 N–H and O–H groups in total. The first-order valence-electron chi connectivity index (χ1n) is 8.19. The normalized spacial score (nSPS) is 17.7. The van der Waals surface area contributed by atoms with Crippen LogP contribution >= 0.6 is 0 Å². The summed E-state index contributed by atoms with van der Waals surface area (Å²) in [7, 11) is 0. The summed E-state index contributed by atoms with van der Waals surface area (Å²) in [5.74, 6) is -0.379. The molecular formula is C18H23NO3. The van der Waals surface area contributed by atoms with Gasteiger partial charge < -0.3 is 14.7 Å². The molecular weight excluding hydrogens is 278 g/mol. The van der Waals surface area contributed by atoms with Gasteiger partial charge in [0.2, 0.25) is 0 Å². The monoisotopic (exact) mass is 301 g/mol. The van der Waals surface area contributed by atoms with Crippen molar-refractivity contribution in [2.24, 2.45) is 0 Å². The number of carbonyl (C=O) groups is 1. The third kappa shape index (κ3) is 2.82. The first-order valence-corrected chi connectivity index (χ1v) is 8.19. The molecule has 1 aliphatic heterocycles. The number of phenolic OH excluding ortho intramolecular Hbond substituents is 1. The minimum Gasteiger partial charge on any atom is -0.506 e. The number of rotatable bonds is 4. The summed E-state index contributed by atoms with van der Waals surface area (Å²) < 4.78 is 5.11. The highest BCUT2D eigenvalue weighted by atomic mass is 16.5. The number of nitrogens with zero attached hydrogens (tertiary/aromatic N) is 1. The second-order valence-electron chi connectivity index (χ2n) is 5.93. The molecule has 118 valence electrons. The molecule has 1 aromatic carbocycles. The number of hydrogen-bond donors (Lipinski definition) is 1. The van der Waals surface area contributed by atoms with Crippen molar-refractivity contribution in [3.05, 3.63) is 29.3 Å². The number of hydrogen-bond acceptors (Lipinski definition) is 4. The van der Waals surface area contributed by atoms with Gasteiger partial charge in [-0.15, -0.1) is 0 Å². The van der Waals surface area contributed by atoms with Crippen LogP contribution in [0.4, 0.5) is 5.69 Å². The Hall–Kier alpha value is -1.97. The zero-order chi connectivity index (χ0) is 15.5. The van der Waals surface area contributed by atoms with Gasteiger partial charge in [0, 0.05) is 24.3 Å². The first-order chi connectivity index (χ1) is 10.7. The highest BCUT2D eigenvalue weighted by Crippen LogP contribution is 2.39. The highest BCUT2D eigenvalue weighted by Gasteiger charge is 2.23. The van der Waals surface area contributed by atoms with Crippen LogP contribution in [0, 0.1) is 0 Å². The number of phenols is 1. The summed E-state index contributed by atoms with van der Waals surface area (Å²) in [6.45, 7) is 4.10. The van der Waals surface area contributed by atoms with Crippen LogP contribution in [-0.2, 0) is 4.74 Å². The molecule has 1 fully saturated rings. The Morgan fingerprint density at radius 1 is 1.27 bits per heavy atom. The lowest BCUT2D eigenvalue weighted by atomic mass is 9.99. The van der Waals surface area contributed by atoms with Gasteiger partial charge in [-0.2, -0.15) is 0 Å². The number of benzene rings is 1. The Kier molecular flexibility index (Phi) is 4.36. The number of ether oxygens (including phenoxy) is 1. The van der Waals surface area contributed by atoms with E-state index in [-0.39, 0.29) is 11.3 Å². The van der Waals surface area contributed by atoms with Gasteiger partial charge in [-0.1, -0.05) is 6.08 Å². The maximum atomic E-state index is 12.2. The Labute approximate surface area is 131 Å². The second-order valence-corrected chi connectivity index (χ2v) is 5.93. The summed E-state index contributed by atoms with van der Waals surface area (Å²) >= 11 is 0. The fourth-order valence-electron chi connectivity index (χ4n) is 3.30. The molecule has 4 heteroatoms. The number of anilines is 1. The standard InChI is InChI=1S/C18H23NO3/c1-2-22-18(21)16-12-14(19-9-5-6-10-19)11-15(17(16)20)13-7-3-4-8-13/h7,11-12,20H,2-6,8-10H2,1H3. The zero-order valence-electron chi connectivity index (χ0n) is 13.1. The lowest BCUT2D eigenvalue weighted by Gasteiger charge is -2.21. The molecule has 0 bridgehead atoms.